The lowest BCUT2D eigenvalue weighted by molar-refractivity contribution is -0.274. The molecule has 0 spiro atoms. The van der Waals surface area contributed by atoms with E-state index in [1.807, 2.05) is 0 Å². The summed E-state index contributed by atoms with van der Waals surface area (Å²) in [5.41, 5.74) is 0.439. The number of alkyl halides is 3. The zero-order valence-corrected chi connectivity index (χ0v) is 11.4. The van der Waals surface area contributed by atoms with Crippen LogP contribution in [-0.4, -0.2) is 31.3 Å². The number of hydrogen-bond acceptors (Lipinski definition) is 4. The van der Waals surface area contributed by atoms with Crippen molar-refractivity contribution in [1.82, 2.24) is 5.32 Å². The van der Waals surface area contributed by atoms with E-state index in [4.69, 9.17) is 0 Å². The van der Waals surface area contributed by atoms with E-state index < -0.39 is 23.9 Å². The fraction of sp³-hybridized carbons (Fsp3) is 0.273. The van der Waals surface area contributed by atoms with Crippen LogP contribution in [0.15, 0.2) is 22.7 Å². The Morgan fingerprint density at radius 1 is 1.20 bits per heavy atom. The van der Waals surface area contributed by atoms with E-state index in [1.54, 1.807) is 0 Å². The zero-order valence-electron chi connectivity index (χ0n) is 9.83. The van der Waals surface area contributed by atoms with Gasteiger partial charge in [0.15, 0.2) is 0 Å². The van der Waals surface area contributed by atoms with Crippen molar-refractivity contribution in [2.75, 3.05) is 18.0 Å². The Hall–Kier alpha value is -1.77. The van der Waals surface area contributed by atoms with Gasteiger partial charge in [-0.2, -0.15) is 0 Å². The Bertz CT molecular complexity index is 546. The SMILES string of the molecule is O=C1CN(c2ccc(OC(F)(F)F)c(Br)c2)CC(=O)N1. The molecule has 9 heteroatoms. The lowest BCUT2D eigenvalue weighted by atomic mass is 10.2. The number of imide groups is 1. The van der Waals surface area contributed by atoms with Gasteiger partial charge in [0.05, 0.1) is 17.6 Å². The van der Waals surface area contributed by atoms with Gasteiger partial charge in [-0.05, 0) is 34.1 Å². The molecule has 108 valence electrons. The van der Waals surface area contributed by atoms with Crippen molar-refractivity contribution in [3.05, 3.63) is 22.7 Å². The molecule has 1 aliphatic rings. The van der Waals surface area contributed by atoms with Gasteiger partial charge in [0.1, 0.15) is 5.75 Å². The first-order valence-electron chi connectivity index (χ1n) is 5.37. The smallest absolute Gasteiger partial charge is 0.405 e. The van der Waals surface area contributed by atoms with Gasteiger partial charge >= 0.3 is 6.36 Å². The molecular weight excluding hydrogens is 345 g/mol. The minimum atomic E-state index is -4.79. The van der Waals surface area contributed by atoms with Gasteiger partial charge in [-0.25, -0.2) is 0 Å². The molecule has 0 radical (unpaired) electrons. The summed E-state index contributed by atoms with van der Waals surface area (Å²) in [5, 5.41) is 2.13. The summed E-state index contributed by atoms with van der Waals surface area (Å²) in [7, 11) is 0. The highest BCUT2D eigenvalue weighted by molar-refractivity contribution is 9.10. The molecule has 1 fully saturated rings. The predicted octanol–water partition coefficient (Wildman–Crippen LogP) is 1.81. The summed E-state index contributed by atoms with van der Waals surface area (Å²) in [4.78, 5) is 23.9. The minimum Gasteiger partial charge on any atom is -0.405 e. The number of ether oxygens (including phenoxy) is 1. The minimum absolute atomic E-state index is 0.0440. The normalized spacial score (nSPS) is 16.1. The third-order valence-corrected chi connectivity index (χ3v) is 3.07. The highest BCUT2D eigenvalue weighted by Gasteiger charge is 2.32. The first-order chi connectivity index (χ1) is 9.24. The number of hydrogen-bond donors (Lipinski definition) is 1. The number of carbonyl (C=O) groups excluding carboxylic acids is 2. The number of nitrogens with one attached hydrogen (secondary N) is 1. The second kappa shape index (κ2) is 5.31. The van der Waals surface area contributed by atoms with E-state index in [0.29, 0.717) is 5.69 Å². The molecule has 0 unspecified atom stereocenters. The Morgan fingerprint density at radius 2 is 1.80 bits per heavy atom. The molecular formula is C11H8BrF3N2O3. The lowest BCUT2D eigenvalue weighted by Gasteiger charge is -2.27. The van der Waals surface area contributed by atoms with Crippen molar-refractivity contribution < 1.29 is 27.5 Å². The van der Waals surface area contributed by atoms with E-state index in [9.17, 15) is 22.8 Å². The van der Waals surface area contributed by atoms with Crippen LogP contribution in [0.2, 0.25) is 0 Å². The number of anilines is 1. The number of amides is 2. The van der Waals surface area contributed by atoms with Crippen molar-refractivity contribution in [2.45, 2.75) is 6.36 Å². The molecule has 0 bridgehead atoms. The Labute approximate surface area is 119 Å². The van der Waals surface area contributed by atoms with Crippen LogP contribution in [0.1, 0.15) is 0 Å². The van der Waals surface area contributed by atoms with E-state index >= 15 is 0 Å². The van der Waals surface area contributed by atoms with Gasteiger partial charge < -0.3 is 9.64 Å². The van der Waals surface area contributed by atoms with Crippen LogP contribution in [0.3, 0.4) is 0 Å². The summed E-state index contributed by atoms with van der Waals surface area (Å²) in [6.07, 6.45) is -4.79. The fourth-order valence-electron chi connectivity index (χ4n) is 1.71. The maximum Gasteiger partial charge on any atom is 0.573 e. The summed E-state index contributed by atoms with van der Waals surface area (Å²) in [5.74, 6) is -1.32. The molecule has 1 aromatic carbocycles. The highest BCUT2D eigenvalue weighted by Crippen LogP contribution is 2.33. The summed E-state index contributed by atoms with van der Waals surface area (Å²) in [6.45, 7) is -0.0880. The zero-order chi connectivity index (χ0) is 14.9. The highest BCUT2D eigenvalue weighted by atomic mass is 79.9. The van der Waals surface area contributed by atoms with Gasteiger partial charge in [-0.3, -0.25) is 14.9 Å². The molecule has 1 aromatic rings. The molecule has 1 N–H and O–H groups in total. The topological polar surface area (TPSA) is 58.6 Å². The van der Waals surface area contributed by atoms with Gasteiger partial charge in [0.25, 0.3) is 0 Å². The van der Waals surface area contributed by atoms with Crippen LogP contribution in [0.5, 0.6) is 5.75 Å². The van der Waals surface area contributed by atoms with Crippen LogP contribution >= 0.6 is 15.9 Å². The molecule has 20 heavy (non-hydrogen) atoms. The molecule has 0 atom stereocenters. The van der Waals surface area contributed by atoms with Crippen molar-refractivity contribution >= 4 is 33.4 Å². The Kier molecular flexibility index (Phi) is 3.89. The number of halogens is 4. The predicted molar refractivity (Wildman–Crippen MR) is 66.2 cm³/mol. The van der Waals surface area contributed by atoms with Crippen LogP contribution in [0.4, 0.5) is 18.9 Å². The third-order valence-electron chi connectivity index (χ3n) is 2.45. The van der Waals surface area contributed by atoms with Gasteiger partial charge in [0.2, 0.25) is 11.8 Å². The largest absolute Gasteiger partial charge is 0.573 e. The van der Waals surface area contributed by atoms with E-state index in [2.05, 4.69) is 26.0 Å². The quantitative estimate of drug-likeness (QED) is 0.824. The van der Waals surface area contributed by atoms with Gasteiger partial charge in [-0.1, -0.05) is 0 Å². The van der Waals surface area contributed by atoms with Crippen molar-refractivity contribution in [3.8, 4) is 5.75 Å². The lowest BCUT2D eigenvalue weighted by Crippen LogP contribution is -2.51. The number of rotatable bonds is 2. The molecule has 5 nitrogen and oxygen atoms in total. The fourth-order valence-corrected chi connectivity index (χ4v) is 2.16. The molecule has 0 saturated carbocycles. The van der Waals surface area contributed by atoms with Crippen molar-refractivity contribution in [3.63, 3.8) is 0 Å². The number of piperazine rings is 1. The van der Waals surface area contributed by atoms with Gasteiger partial charge in [0, 0.05) is 5.69 Å². The first-order valence-corrected chi connectivity index (χ1v) is 6.17. The van der Waals surface area contributed by atoms with E-state index in [-0.39, 0.29) is 17.6 Å². The van der Waals surface area contributed by atoms with Crippen LogP contribution in [0.25, 0.3) is 0 Å². The third kappa shape index (κ3) is 3.62. The molecule has 1 saturated heterocycles. The van der Waals surface area contributed by atoms with Crippen molar-refractivity contribution in [2.24, 2.45) is 0 Å². The van der Waals surface area contributed by atoms with Gasteiger partial charge in [-0.15, -0.1) is 13.2 Å². The number of carbonyl (C=O) groups is 2. The van der Waals surface area contributed by atoms with E-state index in [0.717, 1.165) is 6.07 Å². The first kappa shape index (κ1) is 14.6. The molecule has 1 heterocycles. The average Bonchev–Trinajstić information content (AvgIpc) is 2.29. The second-order valence-corrected chi connectivity index (χ2v) is 4.84. The molecule has 2 rings (SSSR count). The van der Waals surface area contributed by atoms with Crippen LogP contribution < -0.4 is 15.0 Å². The average molecular weight is 353 g/mol. The van der Waals surface area contributed by atoms with Crippen LogP contribution in [0, 0.1) is 0 Å². The van der Waals surface area contributed by atoms with Crippen molar-refractivity contribution in [1.29, 1.82) is 0 Å². The molecule has 1 aliphatic heterocycles. The standard InChI is InChI=1S/C11H8BrF3N2O3/c12-7-3-6(1-2-8(7)20-11(13,14)15)17-4-9(18)16-10(19)5-17/h1-3H,4-5H2,(H,16,18,19). The maximum absolute atomic E-state index is 12.1. The number of nitrogens with zero attached hydrogens (tertiary/aromatic N) is 1. The monoisotopic (exact) mass is 352 g/mol. The molecule has 0 aliphatic carbocycles. The Balaban J connectivity index is 2.20. The Morgan fingerprint density at radius 3 is 2.30 bits per heavy atom. The second-order valence-electron chi connectivity index (χ2n) is 3.99. The summed E-state index contributed by atoms with van der Waals surface area (Å²) in [6, 6.07) is 3.81. The number of benzene rings is 1. The summed E-state index contributed by atoms with van der Waals surface area (Å²) < 4.78 is 40.3. The molecule has 2 amide bonds. The van der Waals surface area contributed by atoms with Crippen LogP contribution in [-0.2, 0) is 9.59 Å². The molecule has 0 aromatic heterocycles. The van der Waals surface area contributed by atoms with E-state index in [1.165, 1.54) is 17.0 Å². The maximum atomic E-state index is 12.1. The summed E-state index contributed by atoms with van der Waals surface area (Å²) >= 11 is 2.96.